The van der Waals surface area contributed by atoms with Crippen LogP contribution in [0.2, 0.25) is 0 Å². The van der Waals surface area contributed by atoms with E-state index in [1.54, 1.807) is 12.5 Å². The number of aromatic nitrogens is 4. The minimum Gasteiger partial charge on any atom is -0.338 e. The van der Waals surface area contributed by atoms with Gasteiger partial charge in [-0.2, -0.15) is 0 Å². The van der Waals surface area contributed by atoms with Gasteiger partial charge in [0, 0.05) is 32.3 Å². The quantitative estimate of drug-likeness (QED) is 0.912. The lowest BCUT2D eigenvalue weighted by Gasteiger charge is -2.35. The van der Waals surface area contributed by atoms with Crippen molar-refractivity contribution >= 4 is 6.03 Å². The summed E-state index contributed by atoms with van der Waals surface area (Å²) in [5.41, 5.74) is 0.970. The van der Waals surface area contributed by atoms with Crippen molar-refractivity contribution in [1.82, 2.24) is 30.0 Å². The molecule has 1 aliphatic rings. The number of urea groups is 1. The maximum Gasteiger partial charge on any atom is 0.317 e. The maximum atomic E-state index is 12.6. The number of nitrogens with zero attached hydrogens (tertiary/aromatic N) is 5. The van der Waals surface area contributed by atoms with Crippen molar-refractivity contribution in [3.63, 3.8) is 0 Å². The van der Waals surface area contributed by atoms with Gasteiger partial charge in [0.1, 0.15) is 12.2 Å². The summed E-state index contributed by atoms with van der Waals surface area (Å²) in [4.78, 5) is 19.0. The van der Waals surface area contributed by atoms with E-state index in [0.29, 0.717) is 13.0 Å². The Bertz CT molecular complexity index is 656. The van der Waals surface area contributed by atoms with Gasteiger partial charge in [0.2, 0.25) is 0 Å². The van der Waals surface area contributed by atoms with E-state index >= 15 is 0 Å². The largest absolute Gasteiger partial charge is 0.338 e. The molecule has 128 valence electrons. The zero-order valence-electron chi connectivity index (χ0n) is 14.1. The minimum absolute atomic E-state index is 0.0204. The monoisotopic (exact) mass is 328 g/mol. The van der Waals surface area contributed by atoms with Crippen LogP contribution in [0.15, 0.2) is 30.7 Å². The third-order valence-electron chi connectivity index (χ3n) is 4.45. The Balaban J connectivity index is 1.58. The molecule has 7 nitrogen and oxygen atoms in total. The Hall–Kier alpha value is -2.44. The molecule has 1 atom stereocenters. The highest BCUT2D eigenvalue weighted by Crippen LogP contribution is 2.29. The molecule has 3 rings (SSSR count). The molecule has 0 radical (unpaired) electrons. The van der Waals surface area contributed by atoms with E-state index in [0.717, 1.165) is 43.9 Å². The summed E-state index contributed by atoms with van der Waals surface area (Å²) in [5.74, 6) is 0.901. The Labute approximate surface area is 142 Å². The minimum atomic E-state index is -0.0204. The number of aryl methyl sites for hydroxylation is 1. The third-order valence-corrected chi connectivity index (χ3v) is 4.45. The fraction of sp³-hybridized carbons (Fsp3) is 0.529. The second-order valence-corrected chi connectivity index (χ2v) is 5.97. The van der Waals surface area contributed by atoms with Gasteiger partial charge in [-0.3, -0.25) is 4.98 Å². The molecule has 1 saturated heterocycles. The van der Waals surface area contributed by atoms with Crippen molar-refractivity contribution in [1.29, 1.82) is 0 Å². The lowest BCUT2D eigenvalue weighted by molar-refractivity contribution is 0.150. The van der Waals surface area contributed by atoms with Gasteiger partial charge in [-0.15, -0.1) is 10.2 Å². The summed E-state index contributed by atoms with van der Waals surface area (Å²) in [6, 6.07) is 5.93. The van der Waals surface area contributed by atoms with Crippen molar-refractivity contribution in [2.24, 2.45) is 0 Å². The molecule has 0 bridgehead atoms. The lowest BCUT2D eigenvalue weighted by atomic mass is 9.99. The van der Waals surface area contributed by atoms with Crippen LogP contribution in [0.5, 0.6) is 0 Å². The highest BCUT2D eigenvalue weighted by molar-refractivity contribution is 5.74. The Morgan fingerprint density at radius 1 is 1.38 bits per heavy atom. The number of nitrogens with one attached hydrogen (secondary N) is 1. The van der Waals surface area contributed by atoms with Crippen LogP contribution < -0.4 is 5.32 Å². The molecule has 1 aliphatic heterocycles. The van der Waals surface area contributed by atoms with E-state index in [4.69, 9.17) is 0 Å². The number of hydrogen-bond acceptors (Lipinski definition) is 4. The number of pyridine rings is 1. The lowest BCUT2D eigenvalue weighted by Crippen LogP contribution is -2.45. The predicted molar refractivity (Wildman–Crippen MR) is 90.3 cm³/mol. The van der Waals surface area contributed by atoms with Crippen molar-refractivity contribution < 1.29 is 4.79 Å². The number of carbonyl (C=O) groups is 1. The number of likely N-dealkylation sites (tertiary alicyclic amines) is 1. The van der Waals surface area contributed by atoms with Crippen LogP contribution in [-0.2, 0) is 13.0 Å². The van der Waals surface area contributed by atoms with Crippen LogP contribution in [0.25, 0.3) is 0 Å². The molecule has 2 aromatic rings. The molecular weight excluding hydrogens is 304 g/mol. The van der Waals surface area contributed by atoms with E-state index in [9.17, 15) is 4.79 Å². The standard InChI is InChI=1S/C17H24N6O/c1-2-22-13-20-21-16(22)9-11-19-17(24)23-12-6-4-8-15(23)14-7-3-5-10-18-14/h3,5,7,10,13,15H,2,4,6,8-9,11-12H2,1H3,(H,19,24)/t15-/m1/s1. The second kappa shape index (κ2) is 7.90. The van der Waals surface area contributed by atoms with Gasteiger partial charge < -0.3 is 14.8 Å². The van der Waals surface area contributed by atoms with Crippen LogP contribution in [-0.4, -0.2) is 43.8 Å². The number of amides is 2. The van der Waals surface area contributed by atoms with Gasteiger partial charge in [-0.25, -0.2) is 4.79 Å². The van der Waals surface area contributed by atoms with Gasteiger partial charge in [0.05, 0.1) is 11.7 Å². The first kappa shape index (κ1) is 16.4. The normalized spacial score (nSPS) is 17.7. The Morgan fingerprint density at radius 2 is 2.29 bits per heavy atom. The summed E-state index contributed by atoms with van der Waals surface area (Å²) in [6.07, 6.45) is 7.33. The molecule has 0 aromatic carbocycles. The van der Waals surface area contributed by atoms with Crippen molar-refractivity contribution in [2.45, 2.75) is 45.2 Å². The molecule has 0 aliphatic carbocycles. The van der Waals surface area contributed by atoms with Gasteiger partial charge in [-0.1, -0.05) is 6.07 Å². The smallest absolute Gasteiger partial charge is 0.317 e. The fourth-order valence-electron chi connectivity index (χ4n) is 3.17. The predicted octanol–water partition coefficient (Wildman–Crippen LogP) is 2.17. The van der Waals surface area contributed by atoms with Crippen molar-refractivity contribution in [3.05, 3.63) is 42.2 Å². The van der Waals surface area contributed by atoms with Crippen molar-refractivity contribution in [3.8, 4) is 0 Å². The first-order valence-electron chi connectivity index (χ1n) is 8.61. The molecular formula is C17H24N6O. The zero-order valence-corrected chi connectivity index (χ0v) is 14.1. The average Bonchev–Trinajstić information content (AvgIpc) is 3.10. The highest BCUT2D eigenvalue weighted by atomic mass is 16.2. The topological polar surface area (TPSA) is 75.9 Å². The zero-order chi connectivity index (χ0) is 16.8. The van der Waals surface area contributed by atoms with Crippen LogP contribution in [0, 0.1) is 0 Å². The highest BCUT2D eigenvalue weighted by Gasteiger charge is 2.28. The summed E-state index contributed by atoms with van der Waals surface area (Å²) in [6.45, 7) is 4.22. The molecule has 24 heavy (non-hydrogen) atoms. The van der Waals surface area contributed by atoms with Crippen LogP contribution in [0.1, 0.15) is 43.7 Å². The Morgan fingerprint density at radius 3 is 3.08 bits per heavy atom. The molecule has 7 heteroatoms. The molecule has 0 spiro atoms. The van der Waals surface area contributed by atoms with E-state index in [2.05, 4.69) is 27.4 Å². The summed E-state index contributed by atoms with van der Waals surface area (Å²) < 4.78 is 1.99. The number of rotatable bonds is 5. The third kappa shape index (κ3) is 3.72. The molecule has 2 amide bonds. The molecule has 1 fully saturated rings. The first-order chi connectivity index (χ1) is 11.8. The van der Waals surface area contributed by atoms with E-state index < -0.39 is 0 Å². The molecule has 3 heterocycles. The van der Waals surface area contributed by atoms with Gasteiger partial charge in [-0.05, 0) is 38.3 Å². The number of hydrogen-bond donors (Lipinski definition) is 1. The summed E-state index contributed by atoms with van der Waals surface area (Å²) in [7, 11) is 0. The van der Waals surface area contributed by atoms with E-state index in [-0.39, 0.29) is 12.1 Å². The summed E-state index contributed by atoms with van der Waals surface area (Å²) >= 11 is 0. The maximum absolute atomic E-state index is 12.6. The van der Waals surface area contributed by atoms with Gasteiger partial charge in [0.15, 0.2) is 0 Å². The van der Waals surface area contributed by atoms with Gasteiger partial charge in [0.25, 0.3) is 0 Å². The SMILES string of the molecule is CCn1cnnc1CCNC(=O)N1CCCC[C@@H]1c1ccccn1. The van der Waals surface area contributed by atoms with E-state index in [1.165, 1.54) is 0 Å². The first-order valence-corrected chi connectivity index (χ1v) is 8.61. The van der Waals surface area contributed by atoms with Gasteiger partial charge >= 0.3 is 6.03 Å². The second-order valence-electron chi connectivity index (χ2n) is 5.97. The molecule has 1 N–H and O–H groups in total. The number of carbonyl (C=O) groups excluding carboxylic acids is 1. The van der Waals surface area contributed by atoms with E-state index in [1.807, 2.05) is 27.7 Å². The van der Waals surface area contributed by atoms with Crippen LogP contribution in [0.4, 0.5) is 4.79 Å². The number of piperidine rings is 1. The Kier molecular flexibility index (Phi) is 5.40. The summed E-state index contributed by atoms with van der Waals surface area (Å²) in [5, 5.41) is 11.0. The van der Waals surface area contributed by atoms with Crippen LogP contribution in [0.3, 0.4) is 0 Å². The average molecular weight is 328 g/mol. The molecule has 0 unspecified atom stereocenters. The molecule has 2 aromatic heterocycles. The van der Waals surface area contributed by atoms with Crippen LogP contribution >= 0.6 is 0 Å². The fourth-order valence-corrected chi connectivity index (χ4v) is 3.17. The van der Waals surface area contributed by atoms with Crippen molar-refractivity contribution in [2.75, 3.05) is 13.1 Å². The molecule has 0 saturated carbocycles.